The first kappa shape index (κ1) is 33.6. The molecule has 52 heavy (non-hydrogen) atoms. The van der Waals surface area contributed by atoms with Crippen molar-refractivity contribution < 1.29 is 14.4 Å². The molecule has 1 saturated heterocycles. The fraction of sp³-hybridized carbons (Fsp3) is 0.289. The van der Waals surface area contributed by atoms with Gasteiger partial charge in [0.05, 0.1) is 22.3 Å². The van der Waals surface area contributed by atoms with Crippen molar-refractivity contribution in [1.82, 2.24) is 34.8 Å². The van der Waals surface area contributed by atoms with E-state index in [9.17, 15) is 14.4 Å². The number of halogens is 1. The van der Waals surface area contributed by atoms with Gasteiger partial charge in [-0.2, -0.15) is 5.10 Å². The Labute approximate surface area is 308 Å². The predicted octanol–water partition coefficient (Wildman–Crippen LogP) is 5.37. The van der Waals surface area contributed by atoms with Crippen LogP contribution in [0.25, 0.3) is 5.00 Å². The second kappa shape index (κ2) is 13.5. The summed E-state index contributed by atoms with van der Waals surface area (Å²) in [6.07, 6.45) is 5.13. The number of nitrogens with zero attached hydrogens (tertiary/aromatic N) is 7. The smallest absolute Gasteiger partial charge is 0.255 e. The number of piperidine rings is 1. The highest BCUT2D eigenvalue weighted by Gasteiger charge is 2.39. The number of amides is 3. The van der Waals surface area contributed by atoms with Gasteiger partial charge in [0.2, 0.25) is 11.8 Å². The van der Waals surface area contributed by atoms with Crippen LogP contribution >= 0.6 is 22.9 Å². The average Bonchev–Trinajstić information content (AvgIpc) is 3.88. The van der Waals surface area contributed by atoms with E-state index >= 15 is 0 Å². The number of hydrogen-bond donors (Lipinski definition) is 2. The number of aromatic nitrogens is 5. The van der Waals surface area contributed by atoms with E-state index in [0.717, 1.165) is 67.2 Å². The third kappa shape index (κ3) is 6.18. The molecule has 6 heterocycles. The average molecular weight is 732 g/mol. The zero-order valence-corrected chi connectivity index (χ0v) is 30.3. The van der Waals surface area contributed by atoms with Crippen molar-refractivity contribution in [2.24, 2.45) is 4.99 Å². The Morgan fingerprint density at radius 3 is 2.71 bits per heavy atom. The van der Waals surface area contributed by atoms with Gasteiger partial charge < -0.3 is 10.2 Å². The van der Waals surface area contributed by atoms with Crippen LogP contribution in [-0.4, -0.2) is 65.5 Å². The second-order valence-corrected chi connectivity index (χ2v) is 14.6. The molecule has 0 saturated carbocycles. The van der Waals surface area contributed by atoms with E-state index in [0.29, 0.717) is 36.6 Å². The van der Waals surface area contributed by atoms with Crippen LogP contribution in [0, 0.1) is 25.7 Å². The normalized spacial score (nSPS) is 17.8. The van der Waals surface area contributed by atoms with Crippen LogP contribution in [0.2, 0.25) is 5.02 Å². The number of aliphatic imine (C=N–C) groups is 1. The molecule has 2 aromatic carbocycles. The van der Waals surface area contributed by atoms with Crippen molar-refractivity contribution in [3.8, 4) is 16.8 Å². The molecule has 5 aromatic rings. The van der Waals surface area contributed by atoms with Gasteiger partial charge in [-0.1, -0.05) is 35.6 Å². The van der Waals surface area contributed by atoms with E-state index in [1.807, 2.05) is 61.1 Å². The number of carbonyl (C=O) groups excluding carboxylic acids is 3. The lowest BCUT2D eigenvalue weighted by molar-refractivity contribution is -0.136. The Hall–Kier alpha value is -5.58. The first-order valence-electron chi connectivity index (χ1n) is 17.1. The first-order chi connectivity index (χ1) is 25.1. The number of thiophene rings is 1. The molecule has 14 heteroatoms. The summed E-state index contributed by atoms with van der Waals surface area (Å²) in [6, 6.07) is 12.6. The highest BCUT2D eigenvalue weighted by molar-refractivity contribution is 7.15. The quantitative estimate of drug-likeness (QED) is 0.130. The number of hydrogen-bond acceptors (Lipinski definition) is 9. The summed E-state index contributed by atoms with van der Waals surface area (Å²) >= 11 is 7.83. The van der Waals surface area contributed by atoms with Crippen molar-refractivity contribution in [2.75, 3.05) is 11.9 Å². The van der Waals surface area contributed by atoms with Crippen LogP contribution in [0.3, 0.4) is 0 Å². The molecule has 2 N–H and O–H groups in total. The lowest BCUT2D eigenvalue weighted by atomic mass is 9.99. The summed E-state index contributed by atoms with van der Waals surface area (Å²) in [5.74, 6) is 7.43. The molecule has 2 atom stereocenters. The van der Waals surface area contributed by atoms with Crippen molar-refractivity contribution in [3.63, 3.8) is 0 Å². The van der Waals surface area contributed by atoms with Crippen LogP contribution in [0.4, 0.5) is 5.69 Å². The van der Waals surface area contributed by atoms with Crippen LogP contribution < -0.4 is 10.6 Å². The van der Waals surface area contributed by atoms with Crippen molar-refractivity contribution in [3.05, 3.63) is 110 Å². The molecule has 3 aliphatic rings. The minimum Gasteiger partial charge on any atom is -0.385 e. The molecule has 1 fully saturated rings. The molecule has 0 bridgehead atoms. The van der Waals surface area contributed by atoms with Crippen LogP contribution in [0.5, 0.6) is 0 Å². The summed E-state index contributed by atoms with van der Waals surface area (Å²) in [6.45, 7) is 7.82. The number of fused-ring (bicyclic) bond motifs is 4. The summed E-state index contributed by atoms with van der Waals surface area (Å²) in [7, 11) is 0. The van der Waals surface area contributed by atoms with E-state index in [1.165, 1.54) is 0 Å². The minimum atomic E-state index is -0.624. The highest BCUT2D eigenvalue weighted by atomic mass is 35.5. The number of benzene rings is 2. The lowest BCUT2D eigenvalue weighted by Gasteiger charge is -2.29. The molecule has 0 radical (unpaired) electrons. The summed E-state index contributed by atoms with van der Waals surface area (Å²) < 4.78 is 3.99. The van der Waals surface area contributed by atoms with Gasteiger partial charge in [-0.25, -0.2) is 0 Å². The summed E-state index contributed by atoms with van der Waals surface area (Å²) in [4.78, 5) is 44.5. The predicted molar refractivity (Wildman–Crippen MR) is 198 cm³/mol. The van der Waals surface area contributed by atoms with Crippen molar-refractivity contribution in [1.29, 1.82) is 0 Å². The topological polar surface area (TPSA) is 139 Å². The van der Waals surface area contributed by atoms with Crippen LogP contribution in [0.1, 0.15) is 86.9 Å². The first-order valence-corrected chi connectivity index (χ1v) is 18.3. The number of aryl methyl sites for hydroxylation is 2. The van der Waals surface area contributed by atoms with E-state index in [-0.39, 0.29) is 24.3 Å². The zero-order valence-electron chi connectivity index (χ0n) is 28.7. The maximum Gasteiger partial charge on any atom is 0.255 e. The highest BCUT2D eigenvalue weighted by Crippen LogP contribution is 2.39. The fourth-order valence-electron chi connectivity index (χ4n) is 6.93. The molecule has 8 rings (SSSR count). The van der Waals surface area contributed by atoms with E-state index < -0.39 is 11.9 Å². The molecule has 12 nitrogen and oxygen atoms in total. The Morgan fingerprint density at radius 2 is 1.90 bits per heavy atom. The summed E-state index contributed by atoms with van der Waals surface area (Å²) in [5.41, 5.74) is 7.12. The van der Waals surface area contributed by atoms with Crippen LogP contribution in [0.15, 0.2) is 59.9 Å². The maximum absolute atomic E-state index is 13.0. The van der Waals surface area contributed by atoms with Gasteiger partial charge in [-0.15, -0.1) is 21.5 Å². The number of carbonyl (C=O) groups is 3. The minimum absolute atomic E-state index is 0.177. The fourth-order valence-corrected chi connectivity index (χ4v) is 8.28. The molecule has 3 aliphatic heterocycles. The molecule has 3 amide bonds. The third-order valence-corrected chi connectivity index (χ3v) is 11.0. The number of nitrogens with one attached hydrogen (secondary N) is 2. The van der Waals surface area contributed by atoms with Gasteiger partial charge in [0.1, 0.15) is 22.9 Å². The van der Waals surface area contributed by atoms with Gasteiger partial charge in [-0.3, -0.25) is 33.9 Å². The third-order valence-electron chi connectivity index (χ3n) is 9.60. The molecule has 1 unspecified atom stereocenters. The number of rotatable bonds is 7. The van der Waals surface area contributed by atoms with E-state index in [4.69, 9.17) is 16.6 Å². The van der Waals surface area contributed by atoms with Crippen molar-refractivity contribution in [2.45, 2.75) is 65.2 Å². The Kier molecular flexibility index (Phi) is 8.72. The van der Waals surface area contributed by atoms with Crippen LogP contribution in [-0.2, 0) is 22.7 Å². The zero-order chi connectivity index (χ0) is 36.1. The summed E-state index contributed by atoms with van der Waals surface area (Å²) in [5, 5.41) is 20.8. The van der Waals surface area contributed by atoms with E-state index in [1.54, 1.807) is 28.5 Å². The lowest BCUT2D eigenvalue weighted by Crippen LogP contribution is -2.52. The molecular weight excluding hydrogens is 698 g/mol. The molecule has 0 spiro atoms. The molecule has 3 aromatic heterocycles. The molecule has 262 valence electrons. The van der Waals surface area contributed by atoms with Gasteiger partial charge >= 0.3 is 0 Å². The van der Waals surface area contributed by atoms with Gasteiger partial charge in [0, 0.05) is 59.7 Å². The molecule has 0 aliphatic carbocycles. The Morgan fingerprint density at radius 1 is 1.08 bits per heavy atom. The van der Waals surface area contributed by atoms with E-state index in [2.05, 4.69) is 49.3 Å². The second-order valence-electron chi connectivity index (χ2n) is 13.1. The van der Waals surface area contributed by atoms with Crippen molar-refractivity contribution >= 4 is 52.1 Å². The van der Waals surface area contributed by atoms with Gasteiger partial charge in [0.15, 0.2) is 5.82 Å². The SMILES string of the molecule is Cc1c(C#Cc2cnn(CCCNc3ccc4c(c3)CN(C3CCC(=O)NC3=O)C4=O)c2)sc2c1C(c1ccc(Cl)cc1)=N[C@@H](C)c1nnc(C)n1-2. The maximum atomic E-state index is 13.0. The van der Waals surface area contributed by atoms with Gasteiger partial charge in [-0.05, 0) is 75.1 Å². The standard InChI is InChI=1S/C38H34ClN9O3S/c1-21-31(52-38-33(21)34(25-6-8-27(39)9-7-25)42-22(2)35-45-44-23(3)48(35)38)13-5-24-18-41-46(19-24)16-4-15-40-28-10-11-29-26(17-28)20-47(37(29)51)30-12-14-32(49)43-36(30)50/h6-11,17-19,22,30,40H,4,12,14-16,20H2,1-3H3,(H,43,49,50)/t22-,30?/m0/s1. The monoisotopic (exact) mass is 731 g/mol. The number of anilines is 1. The van der Waals surface area contributed by atoms with Gasteiger partial charge in [0.25, 0.3) is 5.91 Å². The number of imide groups is 1. The largest absolute Gasteiger partial charge is 0.385 e. The Bertz CT molecular complexity index is 2360. The molecular formula is C38H34ClN9O3S. The Balaban J connectivity index is 0.929.